The number of hydrogen-bond acceptors (Lipinski definition) is 2. The van der Waals surface area contributed by atoms with E-state index in [1.54, 1.807) is 6.33 Å². The Balaban J connectivity index is 0.000000581. The predicted octanol–water partition coefficient (Wildman–Crippen LogP) is 3.30. The van der Waals surface area contributed by atoms with Crippen molar-refractivity contribution in [3.8, 4) is 0 Å². The van der Waals surface area contributed by atoms with Gasteiger partial charge in [0.2, 0.25) is 0 Å². The van der Waals surface area contributed by atoms with Crippen LogP contribution < -0.4 is 0 Å². The molecule has 0 atom stereocenters. The van der Waals surface area contributed by atoms with Crippen LogP contribution in [0.3, 0.4) is 0 Å². The summed E-state index contributed by atoms with van der Waals surface area (Å²) < 4.78 is 0. The maximum atomic E-state index is 4.08. The first-order chi connectivity index (χ1) is 8.10. The van der Waals surface area contributed by atoms with E-state index in [9.17, 15) is 0 Å². The first kappa shape index (κ1) is 16.2. The van der Waals surface area contributed by atoms with Crippen molar-refractivity contribution < 1.29 is 0 Å². The van der Waals surface area contributed by atoms with Crippen molar-refractivity contribution in [2.45, 2.75) is 47.0 Å². The molecule has 1 N–H and O–H groups in total. The molecule has 0 amide bonds. The van der Waals surface area contributed by atoms with E-state index in [1.807, 2.05) is 33.9 Å². The number of hydrogen-bond donors (Lipinski definition) is 1. The highest BCUT2D eigenvalue weighted by atomic mass is 15.2. The summed E-state index contributed by atoms with van der Waals surface area (Å²) in [6.07, 6.45) is 3.71. The lowest BCUT2D eigenvalue weighted by atomic mass is 9.72. The summed E-state index contributed by atoms with van der Waals surface area (Å²) in [4.78, 5) is 9.64. The zero-order valence-electron chi connectivity index (χ0n) is 12.5. The fourth-order valence-corrected chi connectivity index (χ4v) is 1.98. The highest BCUT2D eigenvalue weighted by Gasteiger charge is 2.38. The average molecular weight is 239 g/mol. The van der Waals surface area contributed by atoms with Crippen molar-refractivity contribution in [2.24, 2.45) is 5.92 Å². The second-order valence-electron chi connectivity index (χ2n) is 4.61. The Bertz CT molecular complexity index is 272. The van der Waals surface area contributed by atoms with Gasteiger partial charge in [0, 0.05) is 30.4 Å². The maximum Gasteiger partial charge on any atom is 0.0921 e. The first-order valence-corrected chi connectivity index (χ1v) is 6.78. The lowest BCUT2D eigenvalue weighted by Crippen LogP contribution is -2.52. The van der Waals surface area contributed by atoms with Gasteiger partial charge in [0.1, 0.15) is 0 Å². The van der Waals surface area contributed by atoms with E-state index in [2.05, 4.69) is 35.8 Å². The summed E-state index contributed by atoms with van der Waals surface area (Å²) in [7, 11) is 2.17. The molecule has 2 rings (SSSR count). The van der Waals surface area contributed by atoms with Crippen molar-refractivity contribution in [2.75, 3.05) is 20.1 Å². The van der Waals surface area contributed by atoms with Crippen LogP contribution in [0.15, 0.2) is 12.5 Å². The Kier molecular flexibility index (Phi) is 7.12. The Morgan fingerprint density at radius 2 is 1.76 bits per heavy atom. The van der Waals surface area contributed by atoms with Gasteiger partial charge in [0.15, 0.2) is 0 Å². The summed E-state index contributed by atoms with van der Waals surface area (Å²) in [6.45, 7) is 15.0. The molecule has 2 heterocycles. The molecule has 1 aromatic heterocycles. The van der Waals surface area contributed by atoms with Gasteiger partial charge in [-0.2, -0.15) is 0 Å². The average Bonchev–Trinajstić information content (AvgIpc) is 2.84. The molecule has 1 aromatic rings. The minimum atomic E-state index is 0.239. The van der Waals surface area contributed by atoms with E-state index in [4.69, 9.17) is 0 Å². The molecule has 1 fully saturated rings. The summed E-state index contributed by atoms with van der Waals surface area (Å²) in [5.41, 5.74) is 1.49. The van der Waals surface area contributed by atoms with Crippen LogP contribution in [0.25, 0.3) is 0 Å². The van der Waals surface area contributed by atoms with Gasteiger partial charge in [-0.25, -0.2) is 4.98 Å². The topological polar surface area (TPSA) is 31.9 Å². The van der Waals surface area contributed by atoms with Crippen molar-refractivity contribution in [3.05, 3.63) is 18.2 Å². The third kappa shape index (κ3) is 3.84. The van der Waals surface area contributed by atoms with Crippen molar-refractivity contribution in [1.82, 2.24) is 14.9 Å². The normalized spacial score (nSPS) is 16.2. The second kappa shape index (κ2) is 7.49. The molecule has 0 unspecified atom stereocenters. The first-order valence-electron chi connectivity index (χ1n) is 6.78. The SMILES string of the molecule is CC.CC.CN1CC(C(C)(C)c2cnc[nH]2)C1. The van der Waals surface area contributed by atoms with E-state index in [0.29, 0.717) is 0 Å². The van der Waals surface area contributed by atoms with Crippen LogP contribution in [-0.4, -0.2) is 35.0 Å². The van der Waals surface area contributed by atoms with Gasteiger partial charge in [0.25, 0.3) is 0 Å². The van der Waals surface area contributed by atoms with Gasteiger partial charge >= 0.3 is 0 Å². The van der Waals surface area contributed by atoms with E-state index < -0.39 is 0 Å². The second-order valence-corrected chi connectivity index (χ2v) is 4.61. The summed E-state index contributed by atoms with van der Waals surface area (Å²) in [5.74, 6) is 0.762. The zero-order chi connectivity index (χ0) is 13.5. The zero-order valence-corrected chi connectivity index (χ0v) is 12.5. The van der Waals surface area contributed by atoms with Gasteiger partial charge in [-0.1, -0.05) is 41.5 Å². The lowest BCUT2D eigenvalue weighted by Gasteiger charge is -2.45. The number of imidazole rings is 1. The molecule has 0 aliphatic carbocycles. The van der Waals surface area contributed by atoms with Crippen molar-refractivity contribution in [1.29, 1.82) is 0 Å². The molecule has 3 nitrogen and oxygen atoms in total. The van der Waals surface area contributed by atoms with Crippen molar-refractivity contribution >= 4 is 0 Å². The van der Waals surface area contributed by atoms with E-state index >= 15 is 0 Å². The van der Waals surface area contributed by atoms with Crippen LogP contribution in [0.1, 0.15) is 47.2 Å². The van der Waals surface area contributed by atoms with Gasteiger partial charge in [0.05, 0.1) is 6.33 Å². The fraction of sp³-hybridized carbons (Fsp3) is 0.786. The highest BCUT2D eigenvalue weighted by Crippen LogP contribution is 2.35. The maximum absolute atomic E-state index is 4.08. The largest absolute Gasteiger partial charge is 0.348 e. The van der Waals surface area contributed by atoms with Crippen LogP contribution in [0, 0.1) is 5.92 Å². The number of nitrogens with zero attached hydrogens (tertiary/aromatic N) is 2. The fourth-order valence-electron chi connectivity index (χ4n) is 1.98. The third-order valence-corrected chi connectivity index (χ3v) is 3.28. The van der Waals surface area contributed by atoms with Crippen LogP contribution in [0.4, 0.5) is 0 Å². The molecule has 17 heavy (non-hydrogen) atoms. The molecule has 1 aliphatic rings. The quantitative estimate of drug-likeness (QED) is 0.858. The number of H-pyrrole nitrogens is 1. The number of rotatable bonds is 2. The Morgan fingerprint density at radius 3 is 2.12 bits per heavy atom. The molecule has 0 spiro atoms. The van der Waals surface area contributed by atoms with E-state index in [-0.39, 0.29) is 5.41 Å². The van der Waals surface area contributed by atoms with E-state index in [1.165, 1.54) is 18.8 Å². The van der Waals surface area contributed by atoms with Crippen LogP contribution >= 0.6 is 0 Å². The number of aromatic nitrogens is 2. The molecule has 100 valence electrons. The summed E-state index contributed by atoms with van der Waals surface area (Å²) in [6, 6.07) is 0. The monoisotopic (exact) mass is 239 g/mol. The van der Waals surface area contributed by atoms with Gasteiger partial charge in [-0.05, 0) is 13.0 Å². The summed E-state index contributed by atoms with van der Waals surface area (Å²) in [5, 5.41) is 0. The van der Waals surface area contributed by atoms with Gasteiger partial charge < -0.3 is 9.88 Å². The molecular weight excluding hydrogens is 210 g/mol. The minimum absolute atomic E-state index is 0.239. The number of nitrogens with one attached hydrogen (secondary N) is 1. The standard InChI is InChI=1S/C10H17N3.2C2H6/c1-10(2,8-5-13(3)6-8)9-4-11-7-12-9;2*1-2/h4,7-8H,5-6H2,1-3H3,(H,11,12);2*1-2H3. The van der Waals surface area contributed by atoms with Gasteiger partial charge in [-0.3, -0.25) is 0 Å². The van der Waals surface area contributed by atoms with Crippen molar-refractivity contribution in [3.63, 3.8) is 0 Å². The van der Waals surface area contributed by atoms with Gasteiger partial charge in [-0.15, -0.1) is 0 Å². The third-order valence-electron chi connectivity index (χ3n) is 3.28. The Hall–Kier alpha value is -0.830. The molecule has 1 aliphatic heterocycles. The molecule has 3 heteroatoms. The molecule has 0 bridgehead atoms. The Morgan fingerprint density at radius 1 is 1.24 bits per heavy atom. The molecule has 0 radical (unpaired) electrons. The van der Waals surface area contributed by atoms with E-state index in [0.717, 1.165) is 5.92 Å². The molecule has 1 saturated heterocycles. The smallest absolute Gasteiger partial charge is 0.0921 e. The Labute approximate surface area is 107 Å². The van der Waals surface area contributed by atoms with Crippen LogP contribution in [0.2, 0.25) is 0 Å². The molecule has 0 saturated carbocycles. The number of likely N-dealkylation sites (tertiary alicyclic amines) is 1. The van der Waals surface area contributed by atoms with Crippen LogP contribution in [-0.2, 0) is 5.41 Å². The minimum Gasteiger partial charge on any atom is -0.348 e. The number of aromatic amines is 1. The molecular formula is C14H29N3. The summed E-state index contributed by atoms with van der Waals surface area (Å²) >= 11 is 0. The molecule has 0 aromatic carbocycles. The predicted molar refractivity (Wildman–Crippen MR) is 75.3 cm³/mol. The lowest BCUT2D eigenvalue weighted by molar-refractivity contribution is 0.0748. The van der Waals surface area contributed by atoms with Crippen LogP contribution in [0.5, 0.6) is 0 Å². The highest BCUT2D eigenvalue weighted by molar-refractivity contribution is 5.14.